The van der Waals surface area contributed by atoms with Crippen molar-refractivity contribution in [2.24, 2.45) is 0 Å². The molecule has 0 radical (unpaired) electrons. The largest absolute Gasteiger partial charge is 0.334 e. The molecule has 0 aliphatic rings. The van der Waals surface area contributed by atoms with E-state index >= 15 is 0 Å². The van der Waals surface area contributed by atoms with Crippen LogP contribution in [-0.4, -0.2) is 17.4 Å². The number of imidazole rings is 1. The van der Waals surface area contributed by atoms with Gasteiger partial charge in [-0.15, -0.1) is 5.98 Å². The van der Waals surface area contributed by atoms with Gasteiger partial charge in [-0.1, -0.05) is 97.9 Å². The van der Waals surface area contributed by atoms with E-state index in [1.54, 1.807) is 0 Å². The Morgan fingerprint density at radius 3 is 1.87 bits per heavy atom. The Hall–Kier alpha value is -3.33. The van der Waals surface area contributed by atoms with E-state index in [1.165, 1.54) is 28.0 Å². The van der Waals surface area contributed by atoms with Gasteiger partial charge in [0.25, 0.3) is 0 Å². The Morgan fingerprint density at radius 2 is 1.37 bits per heavy atom. The molecule has 0 bridgehead atoms. The van der Waals surface area contributed by atoms with Crippen molar-refractivity contribution in [1.29, 1.82) is 0 Å². The average Bonchev–Trinajstić information content (AvgIpc) is 3.28. The standard InChI is InChI=1S/C14H13B.C13H16N2/c15-11-14(12-7-3-1-4-8-12)13-9-5-2-6-10-13;1-2-13-10-14-11-15(13)9-8-12-6-4-3-5-7-12/h1-11H,15H2;3-7,10-11H,2,8-9H2,1H3. The summed E-state index contributed by atoms with van der Waals surface area (Å²) in [6.45, 7) is 3.18. The fourth-order valence-electron chi connectivity index (χ4n) is 3.47. The summed E-state index contributed by atoms with van der Waals surface area (Å²) in [5.41, 5.74) is 6.52. The average molecular weight is 392 g/mol. The summed E-state index contributed by atoms with van der Waals surface area (Å²) in [6, 6.07) is 31.5. The first-order valence-corrected chi connectivity index (χ1v) is 10.6. The maximum absolute atomic E-state index is 4.17. The van der Waals surface area contributed by atoms with E-state index in [-0.39, 0.29) is 0 Å². The first-order chi connectivity index (χ1) is 14.8. The fourth-order valence-corrected chi connectivity index (χ4v) is 3.47. The van der Waals surface area contributed by atoms with Gasteiger partial charge in [0.05, 0.1) is 6.33 Å². The van der Waals surface area contributed by atoms with E-state index in [0.29, 0.717) is 0 Å². The van der Waals surface area contributed by atoms with Crippen LogP contribution in [0, 0.1) is 0 Å². The minimum atomic E-state index is 1.02. The predicted molar refractivity (Wildman–Crippen MR) is 130 cm³/mol. The zero-order chi connectivity index (χ0) is 21.0. The van der Waals surface area contributed by atoms with Crippen molar-refractivity contribution < 1.29 is 0 Å². The monoisotopic (exact) mass is 392 g/mol. The maximum Gasteiger partial charge on any atom is 0.130 e. The third-order valence-corrected chi connectivity index (χ3v) is 5.10. The molecular formula is C27H29BN2. The van der Waals surface area contributed by atoms with Gasteiger partial charge >= 0.3 is 0 Å². The lowest BCUT2D eigenvalue weighted by Gasteiger charge is -2.07. The van der Waals surface area contributed by atoms with E-state index in [0.717, 1.165) is 19.4 Å². The van der Waals surface area contributed by atoms with E-state index < -0.39 is 0 Å². The summed E-state index contributed by atoms with van der Waals surface area (Å²) in [6.07, 6.45) is 5.99. The molecular weight excluding hydrogens is 363 g/mol. The smallest absolute Gasteiger partial charge is 0.130 e. The van der Waals surface area contributed by atoms with Crippen LogP contribution < -0.4 is 0 Å². The first kappa shape index (κ1) is 21.4. The van der Waals surface area contributed by atoms with Gasteiger partial charge in [0.1, 0.15) is 7.85 Å². The Bertz CT molecular complexity index is 981. The van der Waals surface area contributed by atoms with Crippen LogP contribution in [0.2, 0.25) is 0 Å². The number of hydrogen-bond acceptors (Lipinski definition) is 1. The topological polar surface area (TPSA) is 17.8 Å². The normalized spacial score (nSPS) is 10.0. The molecule has 0 aliphatic heterocycles. The lowest BCUT2D eigenvalue weighted by molar-refractivity contribution is 0.664. The van der Waals surface area contributed by atoms with E-state index in [4.69, 9.17) is 0 Å². The van der Waals surface area contributed by atoms with Crippen molar-refractivity contribution in [2.75, 3.05) is 0 Å². The molecule has 4 rings (SSSR count). The zero-order valence-corrected chi connectivity index (χ0v) is 17.9. The van der Waals surface area contributed by atoms with Crippen LogP contribution in [0.1, 0.15) is 29.3 Å². The minimum Gasteiger partial charge on any atom is -0.334 e. The van der Waals surface area contributed by atoms with Gasteiger partial charge in [-0.25, -0.2) is 4.98 Å². The molecule has 0 unspecified atom stereocenters. The molecule has 3 heteroatoms. The molecule has 0 aliphatic carbocycles. The molecule has 0 fully saturated rings. The fraction of sp³-hybridized carbons (Fsp3) is 0.148. The first-order valence-electron chi connectivity index (χ1n) is 10.6. The molecule has 0 spiro atoms. The highest BCUT2D eigenvalue weighted by Gasteiger charge is 2.01. The quantitative estimate of drug-likeness (QED) is 0.402. The Morgan fingerprint density at radius 1 is 0.833 bits per heavy atom. The van der Waals surface area contributed by atoms with Crippen molar-refractivity contribution in [3.8, 4) is 0 Å². The van der Waals surface area contributed by atoms with Crippen molar-refractivity contribution in [3.63, 3.8) is 0 Å². The second-order valence-electron chi connectivity index (χ2n) is 7.10. The minimum absolute atomic E-state index is 1.02. The van der Waals surface area contributed by atoms with E-state index in [2.05, 4.69) is 109 Å². The van der Waals surface area contributed by atoms with Crippen LogP contribution in [0.3, 0.4) is 0 Å². The van der Waals surface area contributed by atoms with Gasteiger partial charge in [0.15, 0.2) is 0 Å². The van der Waals surface area contributed by atoms with Gasteiger partial charge in [-0.3, -0.25) is 0 Å². The number of hydrogen-bond donors (Lipinski definition) is 0. The van der Waals surface area contributed by atoms with E-state index in [9.17, 15) is 0 Å². The summed E-state index contributed by atoms with van der Waals surface area (Å²) in [5.74, 6) is 2.16. The second-order valence-corrected chi connectivity index (χ2v) is 7.10. The van der Waals surface area contributed by atoms with Crippen molar-refractivity contribution in [2.45, 2.75) is 26.3 Å². The van der Waals surface area contributed by atoms with Crippen LogP contribution in [0.15, 0.2) is 109 Å². The summed E-state index contributed by atoms with van der Waals surface area (Å²) < 4.78 is 2.23. The third-order valence-electron chi connectivity index (χ3n) is 5.10. The number of nitrogens with zero attached hydrogens (tertiary/aromatic N) is 2. The maximum atomic E-state index is 4.17. The van der Waals surface area contributed by atoms with Crippen molar-refractivity contribution in [1.82, 2.24) is 9.55 Å². The summed E-state index contributed by atoms with van der Waals surface area (Å²) in [7, 11) is 2.08. The second kappa shape index (κ2) is 11.6. The number of aromatic nitrogens is 2. The molecule has 0 saturated carbocycles. The highest BCUT2D eigenvalue weighted by molar-refractivity contribution is 6.21. The molecule has 3 aromatic carbocycles. The molecule has 0 saturated heterocycles. The van der Waals surface area contributed by atoms with Crippen molar-refractivity contribution in [3.05, 3.63) is 132 Å². The van der Waals surface area contributed by atoms with Gasteiger partial charge in [-0.2, -0.15) is 0 Å². The van der Waals surface area contributed by atoms with Crippen LogP contribution >= 0.6 is 0 Å². The summed E-state index contributed by atoms with van der Waals surface area (Å²) in [5, 5.41) is 0. The molecule has 1 heterocycles. The highest BCUT2D eigenvalue weighted by atomic mass is 15.0. The highest BCUT2D eigenvalue weighted by Crippen LogP contribution is 2.21. The number of rotatable bonds is 6. The molecule has 150 valence electrons. The predicted octanol–water partition coefficient (Wildman–Crippen LogP) is 5.40. The Kier molecular flexibility index (Phi) is 8.28. The molecule has 2 nitrogen and oxygen atoms in total. The lowest BCUT2D eigenvalue weighted by Crippen LogP contribution is -2.03. The van der Waals surface area contributed by atoms with Crippen LogP contribution in [0.4, 0.5) is 0 Å². The molecule has 0 atom stereocenters. The zero-order valence-electron chi connectivity index (χ0n) is 17.9. The van der Waals surface area contributed by atoms with Gasteiger partial charge < -0.3 is 4.57 Å². The van der Waals surface area contributed by atoms with Crippen LogP contribution in [0.25, 0.3) is 5.57 Å². The summed E-state index contributed by atoms with van der Waals surface area (Å²) in [4.78, 5) is 4.17. The van der Waals surface area contributed by atoms with Gasteiger partial charge in [-0.05, 0) is 35.1 Å². The SMILES string of the molecule is BC=C(c1ccccc1)c1ccccc1.CCc1cncn1CCc1ccccc1. The molecule has 0 amide bonds. The van der Waals surface area contributed by atoms with Crippen LogP contribution in [0.5, 0.6) is 0 Å². The van der Waals surface area contributed by atoms with Crippen molar-refractivity contribution >= 4 is 13.4 Å². The van der Waals surface area contributed by atoms with Gasteiger partial charge in [0, 0.05) is 18.4 Å². The Balaban J connectivity index is 0.000000171. The summed E-state index contributed by atoms with van der Waals surface area (Å²) >= 11 is 0. The molecule has 1 aromatic heterocycles. The Labute approximate surface area is 181 Å². The molecule has 4 aromatic rings. The number of aryl methyl sites for hydroxylation is 3. The van der Waals surface area contributed by atoms with E-state index in [1.807, 2.05) is 24.7 Å². The lowest BCUT2D eigenvalue weighted by atomic mass is 9.92. The number of benzene rings is 3. The molecule has 0 N–H and O–H groups in total. The van der Waals surface area contributed by atoms with Gasteiger partial charge in [0.2, 0.25) is 0 Å². The third kappa shape index (κ3) is 6.08. The molecule has 30 heavy (non-hydrogen) atoms. The van der Waals surface area contributed by atoms with Crippen LogP contribution in [-0.2, 0) is 19.4 Å².